The summed E-state index contributed by atoms with van der Waals surface area (Å²) in [5.74, 6) is 0.794. The van der Waals surface area contributed by atoms with E-state index in [9.17, 15) is 14.4 Å². The van der Waals surface area contributed by atoms with Crippen LogP contribution in [0.3, 0.4) is 0 Å². The van der Waals surface area contributed by atoms with Crippen molar-refractivity contribution in [1.29, 1.82) is 0 Å². The lowest BCUT2D eigenvalue weighted by atomic mass is 10.1. The van der Waals surface area contributed by atoms with Crippen molar-refractivity contribution >= 4 is 28.4 Å². The van der Waals surface area contributed by atoms with Gasteiger partial charge in [-0.3, -0.25) is 19.0 Å². The Hall–Kier alpha value is -3.68. The molecular formula is C25H26N4O4. The summed E-state index contributed by atoms with van der Waals surface area (Å²) < 4.78 is 7.66. The fourth-order valence-electron chi connectivity index (χ4n) is 4.55. The maximum atomic E-state index is 13.6. The van der Waals surface area contributed by atoms with Crippen LogP contribution in [-0.4, -0.2) is 53.0 Å². The molecule has 0 N–H and O–H groups in total. The predicted octanol–water partition coefficient (Wildman–Crippen LogP) is 2.62. The van der Waals surface area contributed by atoms with Crippen LogP contribution in [0.5, 0.6) is 5.75 Å². The summed E-state index contributed by atoms with van der Waals surface area (Å²) in [7, 11) is 3.32. The molecule has 2 aromatic carbocycles. The van der Waals surface area contributed by atoms with Gasteiger partial charge in [0.05, 0.1) is 23.1 Å². The Morgan fingerprint density at radius 3 is 2.73 bits per heavy atom. The Morgan fingerprint density at radius 2 is 1.91 bits per heavy atom. The number of nitrogens with zero attached hydrogens (tertiary/aromatic N) is 4. The maximum absolute atomic E-state index is 13.6. The van der Waals surface area contributed by atoms with E-state index in [1.54, 1.807) is 53.9 Å². The van der Waals surface area contributed by atoms with Crippen LogP contribution in [0.15, 0.2) is 47.3 Å². The number of likely N-dealkylation sites (N-methyl/N-ethyl adjacent to an activating group) is 1. The van der Waals surface area contributed by atoms with Crippen molar-refractivity contribution in [3.63, 3.8) is 0 Å². The van der Waals surface area contributed by atoms with Gasteiger partial charge in [-0.2, -0.15) is 0 Å². The standard InChI is InChI=1S/C25H26N4O4/c1-27(2)25(32)21-15-29(19-8-5-6-9-20(19)33-21)23(30)16-11-12-17-18(14-16)26-22-10-4-3-7-13-28(22)24(17)31/h5-6,8-9,11-12,14,21H,3-4,7,10,13,15H2,1-2H3/t21-/m0/s1. The molecule has 0 saturated carbocycles. The summed E-state index contributed by atoms with van der Waals surface area (Å²) in [6.45, 7) is 0.787. The maximum Gasteiger partial charge on any atom is 0.265 e. The predicted molar refractivity (Wildman–Crippen MR) is 125 cm³/mol. The molecule has 0 radical (unpaired) electrons. The van der Waals surface area contributed by atoms with Gasteiger partial charge in [0.25, 0.3) is 17.4 Å². The lowest BCUT2D eigenvalue weighted by Gasteiger charge is -2.35. The Balaban J connectivity index is 1.55. The first-order valence-corrected chi connectivity index (χ1v) is 11.3. The van der Waals surface area contributed by atoms with Gasteiger partial charge >= 0.3 is 0 Å². The minimum Gasteiger partial charge on any atom is -0.476 e. The Labute approximate surface area is 191 Å². The number of amides is 2. The van der Waals surface area contributed by atoms with E-state index >= 15 is 0 Å². The molecule has 0 fully saturated rings. The van der Waals surface area contributed by atoms with Crippen LogP contribution in [-0.2, 0) is 17.8 Å². The Morgan fingerprint density at radius 1 is 1.09 bits per heavy atom. The number of rotatable bonds is 2. The molecule has 2 aliphatic heterocycles. The lowest BCUT2D eigenvalue weighted by molar-refractivity contribution is -0.135. The minimum atomic E-state index is -0.794. The quantitative estimate of drug-likeness (QED) is 0.604. The SMILES string of the molecule is CN(C)C(=O)[C@@H]1CN(C(=O)c2ccc3c(=O)n4c(nc3c2)CCCCC4)c2ccccc2O1. The molecule has 2 amide bonds. The molecule has 8 nitrogen and oxygen atoms in total. The summed E-state index contributed by atoms with van der Waals surface area (Å²) in [6, 6.07) is 12.2. The first kappa shape index (κ1) is 21.2. The zero-order valence-electron chi connectivity index (χ0n) is 18.8. The molecule has 1 aromatic heterocycles. The van der Waals surface area contributed by atoms with E-state index in [0.29, 0.717) is 34.4 Å². The minimum absolute atomic E-state index is 0.0516. The molecular weight excluding hydrogens is 420 g/mol. The average Bonchev–Trinajstić information content (AvgIpc) is 3.08. The summed E-state index contributed by atoms with van der Waals surface area (Å²) in [5.41, 5.74) is 1.51. The van der Waals surface area contributed by atoms with Crippen LogP contribution < -0.4 is 15.2 Å². The monoisotopic (exact) mass is 446 g/mol. The summed E-state index contributed by atoms with van der Waals surface area (Å²) in [4.78, 5) is 47.0. The Bertz CT molecular complexity index is 1310. The van der Waals surface area contributed by atoms with Gasteiger partial charge in [-0.05, 0) is 43.2 Å². The van der Waals surface area contributed by atoms with Gasteiger partial charge in [0.15, 0.2) is 6.10 Å². The largest absolute Gasteiger partial charge is 0.476 e. The molecule has 0 bridgehead atoms. The van der Waals surface area contributed by atoms with E-state index in [4.69, 9.17) is 9.72 Å². The molecule has 2 aliphatic rings. The van der Waals surface area contributed by atoms with Gasteiger partial charge in [-0.15, -0.1) is 0 Å². The molecule has 0 unspecified atom stereocenters. The van der Waals surface area contributed by atoms with Crippen molar-refractivity contribution < 1.29 is 14.3 Å². The van der Waals surface area contributed by atoms with Crippen LogP contribution >= 0.6 is 0 Å². The lowest BCUT2D eigenvalue weighted by Crippen LogP contribution is -2.50. The zero-order valence-corrected chi connectivity index (χ0v) is 18.8. The highest BCUT2D eigenvalue weighted by Crippen LogP contribution is 2.34. The van der Waals surface area contributed by atoms with E-state index in [2.05, 4.69) is 0 Å². The number of hydrogen-bond donors (Lipinski definition) is 0. The number of carbonyl (C=O) groups excluding carboxylic acids is 2. The van der Waals surface area contributed by atoms with Gasteiger partial charge in [0, 0.05) is 32.6 Å². The number of fused-ring (bicyclic) bond motifs is 3. The topological polar surface area (TPSA) is 84.7 Å². The van der Waals surface area contributed by atoms with E-state index in [0.717, 1.165) is 31.5 Å². The number of hydrogen-bond acceptors (Lipinski definition) is 5. The molecule has 33 heavy (non-hydrogen) atoms. The fourth-order valence-corrected chi connectivity index (χ4v) is 4.55. The van der Waals surface area contributed by atoms with Crippen LogP contribution in [0.1, 0.15) is 35.4 Å². The third-order valence-electron chi connectivity index (χ3n) is 6.30. The average molecular weight is 447 g/mol. The van der Waals surface area contributed by atoms with Crippen LogP contribution in [0, 0.1) is 0 Å². The van der Waals surface area contributed by atoms with E-state index in [1.807, 2.05) is 12.1 Å². The molecule has 8 heteroatoms. The van der Waals surface area contributed by atoms with Crippen LogP contribution in [0.25, 0.3) is 10.9 Å². The van der Waals surface area contributed by atoms with Gasteiger partial charge in [0.2, 0.25) is 0 Å². The van der Waals surface area contributed by atoms with E-state index in [-0.39, 0.29) is 23.9 Å². The summed E-state index contributed by atoms with van der Waals surface area (Å²) in [5, 5.41) is 0.514. The second-order valence-electron chi connectivity index (χ2n) is 8.75. The fraction of sp³-hybridized carbons (Fsp3) is 0.360. The molecule has 0 spiro atoms. The van der Waals surface area contributed by atoms with Crippen molar-refractivity contribution in [3.8, 4) is 5.75 Å². The molecule has 5 rings (SSSR count). The van der Waals surface area contributed by atoms with Gasteiger partial charge in [-0.1, -0.05) is 18.6 Å². The number of para-hydroxylation sites is 2. The highest BCUT2D eigenvalue weighted by atomic mass is 16.5. The number of benzene rings is 2. The Kier molecular flexibility index (Phi) is 5.36. The van der Waals surface area contributed by atoms with Gasteiger partial charge < -0.3 is 14.5 Å². The highest BCUT2D eigenvalue weighted by molar-refractivity contribution is 6.09. The highest BCUT2D eigenvalue weighted by Gasteiger charge is 2.35. The number of aromatic nitrogens is 2. The zero-order chi connectivity index (χ0) is 23.1. The first-order valence-electron chi connectivity index (χ1n) is 11.3. The van der Waals surface area contributed by atoms with Crippen molar-refractivity contribution in [2.45, 2.75) is 38.3 Å². The smallest absolute Gasteiger partial charge is 0.265 e. The number of aryl methyl sites for hydroxylation is 1. The number of carbonyl (C=O) groups is 2. The van der Waals surface area contributed by atoms with Crippen molar-refractivity contribution in [2.75, 3.05) is 25.5 Å². The van der Waals surface area contributed by atoms with Crippen molar-refractivity contribution in [2.24, 2.45) is 0 Å². The third kappa shape index (κ3) is 3.75. The molecule has 0 saturated heterocycles. The summed E-state index contributed by atoms with van der Waals surface area (Å²) >= 11 is 0. The molecule has 170 valence electrons. The molecule has 3 heterocycles. The van der Waals surface area contributed by atoms with Crippen LogP contribution in [0.4, 0.5) is 5.69 Å². The third-order valence-corrected chi connectivity index (χ3v) is 6.30. The summed E-state index contributed by atoms with van der Waals surface area (Å²) in [6.07, 6.45) is 3.01. The van der Waals surface area contributed by atoms with Crippen LogP contribution in [0.2, 0.25) is 0 Å². The second kappa shape index (κ2) is 8.35. The van der Waals surface area contributed by atoms with Gasteiger partial charge in [0.1, 0.15) is 11.6 Å². The van der Waals surface area contributed by atoms with Crippen molar-refractivity contribution in [1.82, 2.24) is 14.5 Å². The molecule has 3 aromatic rings. The van der Waals surface area contributed by atoms with Crippen molar-refractivity contribution in [3.05, 3.63) is 64.2 Å². The number of ether oxygens (including phenoxy) is 1. The van der Waals surface area contributed by atoms with Gasteiger partial charge in [-0.25, -0.2) is 4.98 Å². The number of anilines is 1. The van der Waals surface area contributed by atoms with E-state index in [1.165, 1.54) is 4.90 Å². The molecule has 1 atom stereocenters. The normalized spacial score (nSPS) is 17.5. The second-order valence-corrected chi connectivity index (χ2v) is 8.75. The first-order chi connectivity index (χ1) is 15.9. The molecule has 0 aliphatic carbocycles. The van der Waals surface area contributed by atoms with E-state index < -0.39 is 6.10 Å².